The highest BCUT2D eigenvalue weighted by atomic mass is 16.5. The van der Waals surface area contributed by atoms with Crippen molar-refractivity contribution in [3.63, 3.8) is 0 Å². The van der Waals surface area contributed by atoms with Crippen LogP contribution < -0.4 is 0 Å². The monoisotopic (exact) mass is 245 g/mol. The van der Waals surface area contributed by atoms with Gasteiger partial charge in [-0.3, -0.25) is 9.89 Å². The third-order valence-electron chi connectivity index (χ3n) is 2.64. The number of benzene rings is 1. The molecule has 1 heterocycles. The fourth-order valence-electron chi connectivity index (χ4n) is 1.74. The summed E-state index contributed by atoms with van der Waals surface area (Å²) in [5.41, 5.74) is 1.98. The Kier molecular flexibility index (Phi) is 3.72. The summed E-state index contributed by atoms with van der Waals surface area (Å²) in [4.78, 5) is 16.1. The number of hydrogen-bond donors (Lipinski definition) is 1. The van der Waals surface area contributed by atoms with Crippen LogP contribution in [0.15, 0.2) is 30.6 Å². The number of hydrogen-bond acceptors (Lipinski definition) is 4. The van der Waals surface area contributed by atoms with Gasteiger partial charge in [0, 0.05) is 0 Å². The maximum atomic E-state index is 12.0. The fourth-order valence-corrected chi connectivity index (χ4v) is 1.74. The molecule has 18 heavy (non-hydrogen) atoms. The normalized spacial score (nSPS) is 12.1. The summed E-state index contributed by atoms with van der Waals surface area (Å²) in [6.07, 6.45) is 1.38. The van der Waals surface area contributed by atoms with Gasteiger partial charge in [0.2, 0.25) is 0 Å². The molecule has 0 saturated heterocycles. The summed E-state index contributed by atoms with van der Waals surface area (Å²) in [5, 5.41) is 6.51. The molecule has 1 unspecified atom stereocenters. The number of ether oxygens (including phenoxy) is 1. The van der Waals surface area contributed by atoms with Gasteiger partial charge < -0.3 is 4.74 Å². The van der Waals surface area contributed by atoms with E-state index in [1.165, 1.54) is 6.33 Å². The highest BCUT2D eigenvalue weighted by molar-refractivity contribution is 5.81. The molecule has 0 radical (unpaired) electrons. The van der Waals surface area contributed by atoms with Gasteiger partial charge >= 0.3 is 5.97 Å². The van der Waals surface area contributed by atoms with Crippen molar-refractivity contribution in [3.05, 3.63) is 47.5 Å². The van der Waals surface area contributed by atoms with E-state index in [0.717, 1.165) is 11.1 Å². The summed E-state index contributed by atoms with van der Waals surface area (Å²) in [7, 11) is 0. The van der Waals surface area contributed by atoms with E-state index in [2.05, 4.69) is 15.2 Å². The van der Waals surface area contributed by atoms with Crippen molar-refractivity contribution in [1.29, 1.82) is 0 Å². The summed E-state index contributed by atoms with van der Waals surface area (Å²) in [5.74, 6) is -0.372. The minimum atomic E-state index is -0.548. The summed E-state index contributed by atoms with van der Waals surface area (Å²) < 4.78 is 5.09. The Morgan fingerprint density at radius 2 is 2.11 bits per heavy atom. The van der Waals surface area contributed by atoms with Gasteiger partial charge in [-0.05, 0) is 19.4 Å². The summed E-state index contributed by atoms with van der Waals surface area (Å²) in [6.45, 7) is 4.12. The lowest BCUT2D eigenvalue weighted by Crippen LogP contribution is -2.18. The van der Waals surface area contributed by atoms with E-state index >= 15 is 0 Å². The van der Waals surface area contributed by atoms with Gasteiger partial charge in [-0.1, -0.05) is 29.8 Å². The highest BCUT2D eigenvalue weighted by Crippen LogP contribution is 2.23. The average Bonchev–Trinajstić information content (AvgIpc) is 2.86. The lowest BCUT2D eigenvalue weighted by atomic mass is 9.97. The maximum Gasteiger partial charge on any atom is 0.321 e. The molecule has 2 aromatic rings. The van der Waals surface area contributed by atoms with Crippen LogP contribution in [0.5, 0.6) is 0 Å². The number of aromatic nitrogens is 3. The highest BCUT2D eigenvalue weighted by Gasteiger charge is 2.26. The van der Waals surface area contributed by atoms with E-state index in [9.17, 15) is 4.79 Å². The molecule has 5 heteroatoms. The van der Waals surface area contributed by atoms with Gasteiger partial charge in [-0.25, -0.2) is 4.98 Å². The molecule has 0 aliphatic carbocycles. The zero-order valence-corrected chi connectivity index (χ0v) is 10.4. The SMILES string of the molecule is CCOC(=O)C(c1ccc(C)cc1)c1ncn[nH]1. The number of carbonyl (C=O) groups excluding carboxylic acids is 1. The Morgan fingerprint density at radius 1 is 1.39 bits per heavy atom. The number of carbonyl (C=O) groups is 1. The van der Waals surface area contributed by atoms with Crippen molar-refractivity contribution >= 4 is 5.97 Å². The van der Waals surface area contributed by atoms with Gasteiger partial charge in [0.1, 0.15) is 18.1 Å². The van der Waals surface area contributed by atoms with Crippen molar-refractivity contribution in [3.8, 4) is 0 Å². The fraction of sp³-hybridized carbons (Fsp3) is 0.308. The summed E-state index contributed by atoms with van der Waals surface area (Å²) >= 11 is 0. The molecule has 0 aliphatic heterocycles. The van der Waals surface area contributed by atoms with Crippen LogP contribution in [0.4, 0.5) is 0 Å². The molecule has 1 aromatic heterocycles. The third-order valence-corrected chi connectivity index (χ3v) is 2.64. The van der Waals surface area contributed by atoms with Gasteiger partial charge in [0.05, 0.1) is 6.61 Å². The van der Waals surface area contributed by atoms with Crippen molar-refractivity contribution in [1.82, 2.24) is 15.2 Å². The molecule has 0 saturated carbocycles. The van der Waals surface area contributed by atoms with Crippen molar-refractivity contribution in [2.75, 3.05) is 6.61 Å². The minimum Gasteiger partial charge on any atom is -0.465 e. The standard InChI is InChI=1S/C13H15N3O2/c1-3-18-13(17)11(12-14-8-15-16-12)10-6-4-9(2)5-7-10/h4-8,11H,3H2,1-2H3,(H,14,15,16). The molecule has 0 fully saturated rings. The number of aromatic amines is 1. The second-order valence-corrected chi connectivity index (χ2v) is 3.97. The molecule has 1 aromatic carbocycles. The molecule has 0 spiro atoms. The second kappa shape index (κ2) is 5.44. The number of nitrogens with one attached hydrogen (secondary N) is 1. The number of aryl methyl sites for hydroxylation is 1. The first-order chi connectivity index (χ1) is 8.72. The molecular weight excluding hydrogens is 230 g/mol. The van der Waals surface area contributed by atoms with Crippen LogP contribution >= 0.6 is 0 Å². The van der Waals surface area contributed by atoms with Crippen LogP contribution in [0.25, 0.3) is 0 Å². The number of nitrogens with zero attached hydrogens (tertiary/aromatic N) is 2. The van der Waals surface area contributed by atoms with Crippen LogP contribution in [0.2, 0.25) is 0 Å². The Labute approximate surface area is 105 Å². The molecule has 1 N–H and O–H groups in total. The Morgan fingerprint density at radius 3 is 2.67 bits per heavy atom. The van der Waals surface area contributed by atoms with E-state index in [-0.39, 0.29) is 5.97 Å². The van der Waals surface area contributed by atoms with E-state index in [1.807, 2.05) is 31.2 Å². The predicted molar refractivity (Wildman–Crippen MR) is 66.0 cm³/mol. The first-order valence-electron chi connectivity index (χ1n) is 5.81. The second-order valence-electron chi connectivity index (χ2n) is 3.97. The topological polar surface area (TPSA) is 67.9 Å². The van der Waals surface area contributed by atoms with Gasteiger partial charge in [0.15, 0.2) is 0 Å². The zero-order chi connectivity index (χ0) is 13.0. The molecule has 94 valence electrons. The molecule has 0 aliphatic rings. The minimum absolute atomic E-state index is 0.321. The Bertz CT molecular complexity index is 506. The van der Waals surface area contributed by atoms with E-state index < -0.39 is 5.92 Å². The largest absolute Gasteiger partial charge is 0.465 e. The van der Waals surface area contributed by atoms with E-state index in [0.29, 0.717) is 12.4 Å². The lowest BCUT2D eigenvalue weighted by molar-refractivity contribution is -0.144. The van der Waals surface area contributed by atoms with Crippen molar-refractivity contribution in [2.24, 2.45) is 0 Å². The van der Waals surface area contributed by atoms with E-state index in [4.69, 9.17) is 4.74 Å². The first kappa shape index (κ1) is 12.3. The van der Waals surface area contributed by atoms with Crippen LogP contribution in [-0.4, -0.2) is 27.8 Å². The van der Waals surface area contributed by atoms with Crippen molar-refractivity contribution in [2.45, 2.75) is 19.8 Å². The zero-order valence-electron chi connectivity index (χ0n) is 10.4. The first-order valence-corrected chi connectivity index (χ1v) is 5.81. The maximum absolute atomic E-state index is 12.0. The van der Waals surface area contributed by atoms with Crippen LogP contribution in [-0.2, 0) is 9.53 Å². The third kappa shape index (κ3) is 2.56. The Hall–Kier alpha value is -2.17. The molecule has 0 amide bonds. The van der Waals surface area contributed by atoms with Gasteiger partial charge in [-0.2, -0.15) is 5.10 Å². The average molecular weight is 245 g/mol. The number of H-pyrrole nitrogens is 1. The number of rotatable bonds is 4. The molecule has 1 atom stereocenters. The van der Waals surface area contributed by atoms with Crippen molar-refractivity contribution < 1.29 is 9.53 Å². The summed E-state index contributed by atoms with van der Waals surface area (Å²) in [6, 6.07) is 7.72. The van der Waals surface area contributed by atoms with Crippen LogP contribution in [0.3, 0.4) is 0 Å². The van der Waals surface area contributed by atoms with Crippen LogP contribution in [0.1, 0.15) is 29.8 Å². The van der Waals surface area contributed by atoms with Crippen LogP contribution in [0, 0.1) is 6.92 Å². The van der Waals surface area contributed by atoms with Gasteiger partial charge in [0.25, 0.3) is 0 Å². The quantitative estimate of drug-likeness (QED) is 0.834. The molecular formula is C13H15N3O2. The Balaban J connectivity index is 2.36. The predicted octanol–water partition coefficient (Wildman–Crippen LogP) is 1.81. The molecule has 5 nitrogen and oxygen atoms in total. The van der Waals surface area contributed by atoms with Gasteiger partial charge in [-0.15, -0.1) is 0 Å². The molecule has 0 bridgehead atoms. The molecule has 2 rings (SSSR count). The number of esters is 1. The smallest absolute Gasteiger partial charge is 0.321 e. The van der Waals surface area contributed by atoms with E-state index in [1.54, 1.807) is 6.92 Å². The lowest BCUT2D eigenvalue weighted by Gasteiger charge is -2.13.